The molecule has 0 bridgehead atoms. The van der Waals surface area contributed by atoms with Crippen LogP contribution in [0.25, 0.3) is 0 Å². The van der Waals surface area contributed by atoms with Gasteiger partial charge in [-0.25, -0.2) is 0 Å². The van der Waals surface area contributed by atoms with E-state index in [4.69, 9.17) is 4.74 Å². The summed E-state index contributed by atoms with van der Waals surface area (Å²) < 4.78 is 5.59. The summed E-state index contributed by atoms with van der Waals surface area (Å²) in [6.07, 6.45) is 1.27. The molecule has 2 rings (SSSR count). The van der Waals surface area contributed by atoms with Crippen molar-refractivity contribution in [3.8, 4) is 0 Å². The van der Waals surface area contributed by atoms with Gasteiger partial charge in [-0.2, -0.15) is 0 Å². The lowest BCUT2D eigenvalue weighted by molar-refractivity contribution is -0.121. The molecule has 86 valence electrons. The SMILES string of the molecule is O=C1CCNC(COCc2ccccc2)C1. The number of hydrogen-bond donors (Lipinski definition) is 1. The number of rotatable bonds is 4. The predicted molar refractivity (Wildman–Crippen MR) is 62.1 cm³/mol. The molecule has 16 heavy (non-hydrogen) atoms. The van der Waals surface area contributed by atoms with Crippen LogP contribution >= 0.6 is 0 Å². The van der Waals surface area contributed by atoms with Crippen molar-refractivity contribution in [2.24, 2.45) is 0 Å². The quantitative estimate of drug-likeness (QED) is 0.834. The van der Waals surface area contributed by atoms with Crippen LogP contribution in [-0.4, -0.2) is 25.0 Å². The predicted octanol–water partition coefficient (Wildman–Crippen LogP) is 1.52. The lowest BCUT2D eigenvalue weighted by Crippen LogP contribution is -2.41. The van der Waals surface area contributed by atoms with Gasteiger partial charge in [-0.15, -0.1) is 0 Å². The Hall–Kier alpha value is -1.19. The van der Waals surface area contributed by atoms with Crippen LogP contribution in [0.5, 0.6) is 0 Å². The van der Waals surface area contributed by atoms with Crippen molar-refractivity contribution in [1.29, 1.82) is 0 Å². The van der Waals surface area contributed by atoms with Crippen molar-refractivity contribution in [1.82, 2.24) is 5.32 Å². The van der Waals surface area contributed by atoms with Gasteiger partial charge in [-0.1, -0.05) is 30.3 Å². The lowest BCUT2D eigenvalue weighted by Gasteiger charge is -2.22. The van der Waals surface area contributed by atoms with E-state index in [1.807, 2.05) is 30.3 Å². The van der Waals surface area contributed by atoms with E-state index in [0.717, 1.165) is 6.54 Å². The molecule has 1 unspecified atom stereocenters. The molecule has 0 amide bonds. The fraction of sp³-hybridized carbons (Fsp3) is 0.462. The van der Waals surface area contributed by atoms with Crippen LogP contribution in [-0.2, 0) is 16.1 Å². The molecule has 1 heterocycles. The highest BCUT2D eigenvalue weighted by Crippen LogP contribution is 2.06. The number of ketones is 1. The van der Waals surface area contributed by atoms with E-state index in [0.29, 0.717) is 31.8 Å². The van der Waals surface area contributed by atoms with Crippen LogP contribution in [0.3, 0.4) is 0 Å². The second-order valence-electron chi connectivity index (χ2n) is 4.14. The topological polar surface area (TPSA) is 38.3 Å². The summed E-state index contributed by atoms with van der Waals surface area (Å²) in [5.41, 5.74) is 1.17. The second-order valence-corrected chi connectivity index (χ2v) is 4.14. The Bertz CT molecular complexity index is 337. The Balaban J connectivity index is 1.70. The lowest BCUT2D eigenvalue weighted by atomic mass is 10.0. The standard InChI is InChI=1S/C13H17NO2/c15-13-6-7-14-12(8-13)10-16-9-11-4-2-1-3-5-11/h1-5,12,14H,6-10H2. The summed E-state index contributed by atoms with van der Waals surface area (Å²) in [5.74, 6) is 0.340. The van der Waals surface area contributed by atoms with Gasteiger partial charge >= 0.3 is 0 Å². The van der Waals surface area contributed by atoms with Gasteiger partial charge in [-0.3, -0.25) is 4.79 Å². The first-order valence-electron chi connectivity index (χ1n) is 5.71. The third-order valence-corrected chi connectivity index (χ3v) is 2.74. The minimum Gasteiger partial charge on any atom is -0.375 e. The van der Waals surface area contributed by atoms with Crippen molar-refractivity contribution in [3.63, 3.8) is 0 Å². The highest BCUT2D eigenvalue weighted by Gasteiger charge is 2.18. The number of Topliss-reactive ketones (excluding diaryl/α,β-unsaturated/α-hetero) is 1. The number of carbonyl (C=O) groups is 1. The molecule has 1 aromatic rings. The van der Waals surface area contributed by atoms with Gasteiger partial charge < -0.3 is 10.1 Å². The molecule has 0 aliphatic carbocycles. The van der Waals surface area contributed by atoms with Crippen molar-refractivity contribution in [3.05, 3.63) is 35.9 Å². The number of hydrogen-bond acceptors (Lipinski definition) is 3. The average Bonchev–Trinajstić information content (AvgIpc) is 2.30. The first-order valence-corrected chi connectivity index (χ1v) is 5.71. The zero-order valence-corrected chi connectivity index (χ0v) is 9.32. The highest BCUT2D eigenvalue weighted by molar-refractivity contribution is 5.79. The van der Waals surface area contributed by atoms with Gasteiger partial charge in [0.25, 0.3) is 0 Å². The maximum atomic E-state index is 11.2. The molecule has 1 aliphatic rings. The summed E-state index contributed by atoms with van der Waals surface area (Å²) in [7, 11) is 0. The van der Waals surface area contributed by atoms with E-state index >= 15 is 0 Å². The third kappa shape index (κ3) is 3.43. The van der Waals surface area contributed by atoms with E-state index in [1.165, 1.54) is 5.56 Å². The molecular formula is C13H17NO2. The first-order chi connectivity index (χ1) is 7.84. The van der Waals surface area contributed by atoms with E-state index in [9.17, 15) is 4.79 Å². The minimum atomic E-state index is 0.199. The van der Waals surface area contributed by atoms with Gasteiger partial charge in [0.05, 0.1) is 13.2 Å². The fourth-order valence-electron chi connectivity index (χ4n) is 1.88. The molecule has 3 heteroatoms. The fourth-order valence-corrected chi connectivity index (χ4v) is 1.88. The zero-order chi connectivity index (χ0) is 11.2. The van der Waals surface area contributed by atoms with Crippen molar-refractivity contribution in [2.45, 2.75) is 25.5 Å². The van der Waals surface area contributed by atoms with E-state index < -0.39 is 0 Å². The normalized spacial score (nSPS) is 21.0. The van der Waals surface area contributed by atoms with Gasteiger partial charge in [0.1, 0.15) is 5.78 Å². The molecule has 1 saturated heterocycles. The van der Waals surface area contributed by atoms with Crippen molar-refractivity contribution >= 4 is 5.78 Å². The highest BCUT2D eigenvalue weighted by atomic mass is 16.5. The first kappa shape index (κ1) is 11.3. The smallest absolute Gasteiger partial charge is 0.135 e. The zero-order valence-electron chi connectivity index (χ0n) is 9.32. The number of piperidine rings is 1. The molecule has 1 fully saturated rings. The van der Waals surface area contributed by atoms with Crippen LogP contribution < -0.4 is 5.32 Å². The number of carbonyl (C=O) groups excluding carboxylic acids is 1. The molecule has 1 aromatic carbocycles. The summed E-state index contributed by atoms with van der Waals surface area (Å²) >= 11 is 0. The van der Waals surface area contributed by atoms with Gasteiger partial charge in [-0.05, 0) is 5.56 Å². The Kier molecular flexibility index (Phi) is 4.08. The van der Waals surface area contributed by atoms with Crippen LogP contribution in [0.4, 0.5) is 0 Å². The Morgan fingerprint density at radius 2 is 2.12 bits per heavy atom. The van der Waals surface area contributed by atoms with Crippen LogP contribution in [0.15, 0.2) is 30.3 Å². The minimum absolute atomic E-state index is 0.199. The van der Waals surface area contributed by atoms with Crippen LogP contribution in [0, 0.1) is 0 Å². The van der Waals surface area contributed by atoms with Crippen molar-refractivity contribution in [2.75, 3.05) is 13.2 Å². The Morgan fingerprint density at radius 3 is 2.88 bits per heavy atom. The molecule has 1 aliphatic heterocycles. The van der Waals surface area contributed by atoms with E-state index in [1.54, 1.807) is 0 Å². The monoisotopic (exact) mass is 219 g/mol. The number of nitrogens with one attached hydrogen (secondary N) is 1. The average molecular weight is 219 g/mol. The summed E-state index contributed by atoms with van der Waals surface area (Å²) in [6.45, 7) is 2.02. The molecule has 0 aromatic heterocycles. The van der Waals surface area contributed by atoms with Gasteiger partial charge in [0.2, 0.25) is 0 Å². The van der Waals surface area contributed by atoms with E-state index in [-0.39, 0.29) is 6.04 Å². The molecule has 0 saturated carbocycles. The summed E-state index contributed by atoms with van der Waals surface area (Å²) in [6, 6.07) is 10.3. The molecule has 1 atom stereocenters. The number of ether oxygens (including phenoxy) is 1. The van der Waals surface area contributed by atoms with Crippen LogP contribution in [0.1, 0.15) is 18.4 Å². The van der Waals surface area contributed by atoms with Gasteiger partial charge in [0.15, 0.2) is 0 Å². The molecule has 3 nitrogen and oxygen atoms in total. The molecule has 1 N–H and O–H groups in total. The Morgan fingerprint density at radius 1 is 1.31 bits per heavy atom. The third-order valence-electron chi connectivity index (χ3n) is 2.74. The number of benzene rings is 1. The van der Waals surface area contributed by atoms with E-state index in [2.05, 4.69) is 5.32 Å². The maximum absolute atomic E-state index is 11.2. The largest absolute Gasteiger partial charge is 0.375 e. The maximum Gasteiger partial charge on any atom is 0.135 e. The molecular weight excluding hydrogens is 202 g/mol. The van der Waals surface area contributed by atoms with Gasteiger partial charge in [0, 0.05) is 25.4 Å². The van der Waals surface area contributed by atoms with Crippen molar-refractivity contribution < 1.29 is 9.53 Å². The molecule has 0 radical (unpaired) electrons. The molecule has 0 spiro atoms. The summed E-state index contributed by atoms with van der Waals surface area (Å²) in [5, 5.41) is 3.29. The Labute approximate surface area is 95.8 Å². The second kappa shape index (κ2) is 5.77. The summed E-state index contributed by atoms with van der Waals surface area (Å²) in [4.78, 5) is 11.2. The van der Waals surface area contributed by atoms with Crippen LogP contribution in [0.2, 0.25) is 0 Å².